The standard InChI is InChI=1S/C23H24O7/c1-12(10-24)4-5-13-16(25)7-6-14-22(26)21-15-8-18(27-2)19(28-3)9-17(15)29-11-20(21)30-23(13)14/h4,6-9,20-21,24-25H,5,10-11H2,1-3H3/b12-4-/t20-,21+/m1/s1. The van der Waals surface area contributed by atoms with Crippen LogP contribution in [-0.4, -0.2) is 49.5 Å². The molecule has 0 aromatic heterocycles. The van der Waals surface area contributed by atoms with E-state index < -0.39 is 12.0 Å². The minimum atomic E-state index is -0.548. The third-order valence-corrected chi connectivity index (χ3v) is 5.58. The summed E-state index contributed by atoms with van der Waals surface area (Å²) < 4.78 is 22.8. The number of benzene rings is 2. The van der Waals surface area contributed by atoms with E-state index in [1.807, 2.05) is 0 Å². The van der Waals surface area contributed by atoms with Gasteiger partial charge < -0.3 is 29.2 Å². The minimum Gasteiger partial charge on any atom is -0.508 e. The van der Waals surface area contributed by atoms with E-state index in [1.54, 1.807) is 38.3 Å². The van der Waals surface area contributed by atoms with Gasteiger partial charge in [0.05, 0.1) is 32.3 Å². The number of aliphatic hydroxyl groups excluding tert-OH is 1. The first-order chi connectivity index (χ1) is 14.5. The molecule has 0 spiro atoms. The van der Waals surface area contributed by atoms with Crippen LogP contribution in [0.1, 0.15) is 34.3 Å². The van der Waals surface area contributed by atoms with Gasteiger partial charge in [-0.1, -0.05) is 11.6 Å². The fraction of sp³-hybridized carbons (Fsp3) is 0.348. The van der Waals surface area contributed by atoms with Gasteiger partial charge in [-0.15, -0.1) is 0 Å². The van der Waals surface area contributed by atoms with Gasteiger partial charge in [-0.05, 0) is 31.5 Å². The number of hydrogen-bond donors (Lipinski definition) is 2. The third-order valence-electron chi connectivity index (χ3n) is 5.58. The van der Waals surface area contributed by atoms with E-state index >= 15 is 0 Å². The normalized spacial score (nSPS) is 19.7. The molecule has 2 N–H and O–H groups in total. The van der Waals surface area contributed by atoms with Crippen LogP contribution in [0.5, 0.6) is 28.7 Å². The maximum atomic E-state index is 13.5. The number of Topliss-reactive ketones (excluding diaryl/α,β-unsaturated/α-hetero) is 1. The first-order valence-electron chi connectivity index (χ1n) is 9.69. The maximum Gasteiger partial charge on any atom is 0.178 e. The van der Waals surface area contributed by atoms with E-state index in [-0.39, 0.29) is 24.7 Å². The third kappa shape index (κ3) is 3.25. The highest BCUT2D eigenvalue weighted by atomic mass is 16.5. The van der Waals surface area contributed by atoms with E-state index in [0.29, 0.717) is 46.1 Å². The summed E-state index contributed by atoms with van der Waals surface area (Å²) in [7, 11) is 3.08. The number of carbonyl (C=O) groups excluding carboxylic acids is 1. The van der Waals surface area contributed by atoms with E-state index in [2.05, 4.69) is 0 Å². The lowest BCUT2D eigenvalue weighted by molar-refractivity contribution is 0.0553. The zero-order valence-electron chi connectivity index (χ0n) is 17.1. The fourth-order valence-electron chi connectivity index (χ4n) is 3.93. The number of allylic oxidation sites excluding steroid dienone is 1. The van der Waals surface area contributed by atoms with Crippen LogP contribution >= 0.6 is 0 Å². The molecule has 0 fully saturated rings. The Bertz CT molecular complexity index is 1020. The van der Waals surface area contributed by atoms with Gasteiger partial charge in [0.2, 0.25) is 0 Å². The summed E-state index contributed by atoms with van der Waals surface area (Å²) in [6.45, 7) is 1.91. The van der Waals surface area contributed by atoms with Crippen molar-refractivity contribution in [1.29, 1.82) is 0 Å². The van der Waals surface area contributed by atoms with Crippen LogP contribution in [0.4, 0.5) is 0 Å². The molecule has 0 aliphatic carbocycles. The molecule has 2 heterocycles. The van der Waals surface area contributed by atoms with Gasteiger partial charge in [0, 0.05) is 17.2 Å². The Morgan fingerprint density at radius 1 is 1.23 bits per heavy atom. The van der Waals surface area contributed by atoms with E-state index in [0.717, 1.165) is 5.57 Å². The highest BCUT2D eigenvalue weighted by molar-refractivity contribution is 6.05. The molecule has 7 heteroatoms. The van der Waals surface area contributed by atoms with Crippen molar-refractivity contribution in [2.24, 2.45) is 0 Å². The van der Waals surface area contributed by atoms with Crippen LogP contribution in [0.2, 0.25) is 0 Å². The second-order valence-electron chi connectivity index (χ2n) is 7.41. The number of fused-ring (bicyclic) bond motifs is 4. The Balaban J connectivity index is 1.78. The predicted molar refractivity (Wildman–Crippen MR) is 109 cm³/mol. The first kappa shape index (κ1) is 20.1. The zero-order chi connectivity index (χ0) is 21.4. The molecule has 2 atom stereocenters. The Hall–Kier alpha value is -3.19. The molecular weight excluding hydrogens is 388 g/mol. The Labute approximate surface area is 174 Å². The number of carbonyl (C=O) groups is 1. The highest BCUT2D eigenvalue weighted by Crippen LogP contribution is 2.48. The van der Waals surface area contributed by atoms with Crippen molar-refractivity contribution >= 4 is 5.78 Å². The molecule has 2 aliphatic rings. The van der Waals surface area contributed by atoms with Crippen LogP contribution in [0.15, 0.2) is 35.9 Å². The topological polar surface area (TPSA) is 94.5 Å². The van der Waals surface area contributed by atoms with Crippen molar-refractivity contribution in [3.05, 3.63) is 52.6 Å². The average molecular weight is 412 g/mol. The highest BCUT2D eigenvalue weighted by Gasteiger charge is 2.44. The van der Waals surface area contributed by atoms with Gasteiger partial charge in [-0.3, -0.25) is 4.79 Å². The van der Waals surface area contributed by atoms with E-state index in [9.17, 15) is 15.0 Å². The molecule has 2 aromatic rings. The number of methoxy groups -OCH3 is 2. The molecule has 158 valence electrons. The molecule has 0 saturated carbocycles. The Morgan fingerprint density at radius 2 is 1.97 bits per heavy atom. The molecule has 0 unspecified atom stereocenters. The zero-order valence-corrected chi connectivity index (χ0v) is 17.1. The largest absolute Gasteiger partial charge is 0.508 e. The summed E-state index contributed by atoms with van der Waals surface area (Å²) in [5, 5.41) is 19.6. The molecule has 4 rings (SSSR count). The molecule has 30 heavy (non-hydrogen) atoms. The van der Waals surface area contributed by atoms with Gasteiger partial charge in [0.25, 0.3) is 0 Å². The van der Waals surface area contributed by atoms with Crippen molar-refractivity contribution in [3.63, 3.8) is 0 Å². The number of aromatic hydroxyl groups is 1. The molecule has 2 aliphatic heterocycles. The smallest absolute Gasteiger partial charge is 0.178 e. The summed E-state index contributed by atoms with van der Waals surface area (Å²) >= 11 is 0. The monoisotopic (exact) mass is 412 g/mol. The summed E-state index contributed by atoms with van der Waals surface area (Å²) in [6.07, 6.45) is 1.62. The number of ether oxygens (including phenoxy) is 4. The number of hydrogen-bond acceptors (Lipinski definition) is 7. The van der Waals surface area contributed by atoms with Gasteiger partial charge in [-0.25, -0.2) is 0 Å². The first-order valence-corrected chi connectivity index (χ1v) is 9.69. The Kier molecular flexibility index (Phi) is 5.30. The molecule has 7 nitrogen and oxygen atoms in total. The van der Waals surface area contributed by atoms with Gasteiger partial charge >= 0.3 is 0 Å². The lowest BCUT2D eigenvalue weighted by atomic mass is 9.81. The van der Waals surface area contributed by atoms with E-state index in [4.69, 9.17) is 18.9 Å². The van der Waals surface area contributed by atoms with Crippen LogP contribution in [0, 0.1) is 0 Å². The number of ketones is 1. The molecule has 2 aromatic carbocycles. The Morgan fingerprint density at radius 3 is 2.67 bits per heavy atom. The van der Waals surface area contributed by atoms with Crippen molar-refractivity contribution < 1.29 is 34.0 Å². The van der Waals surface area contributed by atoms with Gasteiger partial charge in [-0.2, -0.15) is 0 Å². The summed E-state index contributed by atoms with van der Waals surface area (Å²) in [6, 6.07) is 6.57. The number of aliphatic hydroxyl groups is 1. The summed E-state index contributed by atoms with van der Waals surface area (Å²) in [5.74, 6) is 1.37. The molecule has 0 radical (unpaired) electrons. The predicted octanol–water partition coefficient (Wildman–Crippen LogP) is 3.01. The summed E-state index contributed by atoms with van der Waals surface area (Å²) in [5.41, 5.74) is 2.39. The SMILES string of the molecule is COc1cc2c(cc1OC)[C@@H]1C(=O)c3ccc(O)c(C/C=C(/C)CO)c3O[C@@H]1CO2. The van der Waals surface area contributed by atoms with Crippen LogP contribution in [0.3, 0.4) is 0 Å². The number of phenolic OH excluding ortho intramolecular Hbond substituents is 1. The van der Waals surface area contributed by atoms with Gasteiger partial charge in [0.1, 0.15) is 30.0 Å². The summed E-state index contributed by atoms with van der Waals surface area (Å²) in [4.78, 5) is 13.5. The number of rotatable bonds is 5. The second kappa shape index (κ2) is 7.91. The van der Waals surface area contributed by atoms with Crippen molar-refractivity contribution in [2.75, 3.05) is 27.4 Å². The van der Waals surface area contributed by atoms with Crippen molar-refractivity contribution in [3.8, 4) is 28.7 Å². The molecule has 0 saturated heterocycles. The quantitative estimate of drug-likeness (QED) is 0.729. The maximum absolute atomic E-state index is 13.5. The van der Waals surface area contributed by atoms with Gasteiger partial charge in [0.15, 0.2) is 17.3 Å². The number of phenols is 1. The van der Waals surface area contributed by atoms with Crippen molar-refractivity contribution in [2.45, 2.75) is 25.4 Å². The van der Waals surface area contributed by atoms with Crippen LogP contribution < -0.4 is 18.9 Å². The fourth-order valence-corrected chi connectivity index (χ4v) is 3.93. The average Bonchev–Trinajstić information content (AvgIpc) is 2.76. The van der Waals surface area contributed by atoms with Crippen molar-refractivity contribution in [1.82, 2.24) is 0 Å². The second-order valence-corrected chi connectivity index (χ2v) is 7.41. The van der Waals surface area contributed by atoms with E-state index in [1.165, 1.54) is 13.2 Å². The molecule has 0 bridgehead atoms. The molecular formula is C23H24O7. The minimum absolute atomic E-state index is 0.0468. The molecule has 0 amide bonds. The van der Waals surface area contributed by atoms with Crippen LogP contribution in [-0.2, 0) is 6.42 Å². The lowest BCUT2D eigenvalue weighted by Gasteiger charge is -2.38. The lowest BCUT2D eigenvalue weighted by Crippen LogP contribution is -2.43. The van der Waals surface area contributed by atoms with Crippen LogP contribution in [0.25, 0.3) is 0 Å².